The molecule has 1 aliphatic rings. The highest BCUT2D eigenvalue weighted by Gasteiger charge is 2.17. The van der Waals surface area contributed by atoms with E-state index in [0.717, 1.165) is 37.4 Å². The molecule has 0 radical (unpaired) electrons. The summed E-state index contributed by atoms with van der Waals surface area (Å²) in [7, 11) is 0. The minimum Gasteiger partial charge on any atom is -0.378 e. The molecule has 0 spiro atoms. The van der Waals surface area contributed by atoms with E-state index < -0.39 is 0 Å². The molecule has 27 heavy (non-hydrogen) atoms. The van der Waals surface area contributed by atoms with Gasteiger partial charge in [-0.1, -0.05) is 31.9 Å². The van der Waals surface area contributed by atoms with Gasteiger partial charge in [0.15, 0.2) is 0 Å². The van der Waals surface area contributed by atoms with Crippen LogP contribution in [0.3, 0.4) is 0 Å². The summed E-state index contributed by atoms with van der Waals surface area (Å²) in [4.78, 5) is 23.2. The van der Waals surface area contributed by atoms with Gasteiger partial charge in [0.1, 0.15) is 17.8 Å². The summed E-state index contributed by atoms with van der Waals surface area (Å²) in [6.45, 7) is 6.02. The molecule has 7 nitrogen and oxygen atoms in total. The molecule has 2 N–H and O–H groups in total. The van der Waals surface area contributed by atoms with Crippen molar-refractivity contribution in [3.63, 3.8) is 0 Å². The second-order valence-corrected chi connectivity index (χ2v) is 6.49. The molecule has 2 aromatic rings. The molecule has 1 saturated heterocycles. The lowest BCUT2D eigenvalue weighted by Gasteiger charge is -2.30. The van der Waals surface area contributed by atoms with Gasteiger partial charge in [-0.15, -0.1) is 0 Å². The van der Waals surface area contributed by atoms with Gasteiger partial charge >= 0.3 is 0 Å². The van der Waals surface area contributed by atoms with Crippen molar-refractivity contribution in [2.45, 2.75) is 26.2 Å². The van der Waals surface area contributed by atoms with Crippen LogP contribution >= 0.6 is 0 Å². The molecule has 144 valence electrons. The van der Waals surface area contributed by atoms with E-state index in [2.05, 4.69) is 32.4 Å². The van der Waals surface area contributed by atoms with Crippen molar-refractivity contribution in [2.24, 2.45) is 0 Å². The lowest BCUT2D eigenvalue weighted by molar-refractivity contribution is 0.102. The summed E-state index contributed by atoms with van der Waals surface area (Å²) in [6.07, 6.45) is 4.84. The predicted octanol–water partition coefficient (Wildman–Crippen LogP) is 3.17. The molecule has 0 saturated carbocycles. The van der Waals surface area contributed by atoms with Gasteiger partial charge in [-0.2, -0.15) is 0 Å². The topological polar surface area (TPSA) is 79.4 Å². The number of unbranched alkanes of at least 4 members (excludes halogenated alkanes) is 2. The van der Waals surface area contributed by atoms with E-state index >= 15 is 0 Å². The lowest BCUT2D eigenvalue weighted by atomic mass is 10.2. The summed E-state index contributed by atoms with van der Waals surface area (Å²) >= 11 is 0. The van der Waals surface area contributed by atoms with E-state index in [9.17, 15) is 4.79 Å². The van der Waals surface area contributed by atoms with E-state index in [1.54, 1.807) is 6.07 Å². The zero-order valence-corrected chi connectivity index (χ0v) is 15.8. The highest BCUT2D eigenvalue weighted by Crippen LogP contribution is 2.26. The molecule has 7 heteroatoms. The molecule has 1 fully saturated rings. The number of nitrogens with one attached hydrogen (secondary N) is 2. The first-order chi connectivity index (χ1) is 13.3. The van der Waals surface area contributed by atoms with Crippen LogP contribution in [0.5, 0.6) is 0 Å². The number of nitrogens with zero attached hydrogens (tertiary/aromatic N) is 3. The number of hydrogen-bond donors (Lipinski definition) is 2. The maximum Gasteiger partial charge on any atom is 0.274 e. The first-order valence-corrected chi connectivity index (χ1v) is 9.57. The number of ether oxygens (including phenoxy) is 1. The Morgan fingerprint density at radius 2 is 2.00 bits per heavy atom. The zero-order valence-electron chi connectivity index (χ0n) is 15.8. The van der Waals surface area contributed by atoms with Crippen molar-refractivity contribution in [1.82, 2.24) is 9.97 Å². The molecule has 1 aromatic carbocycles. The Labute approximate surface area is 160 Å². The van der Waals surface area contributed by atoms with Crippen molar-refractivity contribution >= 4 is 23.1 Å². The fraction of sp³-hybridized carbons (Fsp3) is 0.450. The number of carbonyl (C=O) groups is 1. The quantitative estimate of drug-likeness (QED) is 0.696. The molecule has 1 amide bonds. The number of anilines is 3. The Morgan fingerprint density at radius 3 is 2.81 bits per heavy atom. The van der Waals surface area contributed by atoms with Gasteiger partial charge in [0.2, 0.25) is 0 Å². The van der Waals surface area contributed by atoms with Crippen LogP contribution in [0.4, 0.5) is 17.2 Å². The number of hydrogen-bond acceptors (Lipinski definition) is 6. The molecular formula is C20H27N5O2. The Morgan fingerprint density at radius 1 is 1.19 bits per heavy atom. The SMILES string of the molecule is CCCCCNc1cc(C(=O)Nc2ccccc2N2CCOCC2)ncn1. The highest BCUT2D eigenvalue weighted by atomic mass is 16.5. The first kappa shape index (κ1) is 19.1. The van der Waals surface area contributed by atoms with Crippen LogP contribution in [0.1, 0.15) is 36.7 Å². The molecule has 1 aromatic heterocycles. The third-order valence-electron chi connectivity index (χ3n) is 4.49. The number of rotatable bonds is 8. The van der Waals surface area contributed by atoms with Crippen molar-refractivity contribution in [1.29, 1.82) is 0 Å². The largest absolute Gasteiger partial charge is 0.378 e. The monoisotopic (exact) mass is 369 g/mol. The second-order valence-electron chi connectivity index (χ2n) is 6.49. The third-order valence-corrected chi connectivity index (χ3v) is 4.49. The minimum atomic E-state index is -0.241. The molecule has 0 bridgehead atoms. The molecule has 0 atom stereocenters. The van der Waals surface area contributed by atoms with E-state index in [4.69, 9.17) is 4.74 Å². The zero-order chi connectivity index (χ0) is 18.9. The van der Waals surface area contributed by atoms with Gasteiger partial charge in [0.25, 0.3) is 5.91 Å². The number of morpholine rings is 1. The molecule has 1 aliphatic heterocycles. The van der Waals surface area contributed by atoms with Gasteiger partial charge < -0.3 is 20.3 Å². The summed E-state index contributed by atoms with van der Waals surface area (Å²) in [5, 5.41) is 6.24. The van der Waals surface area contributed by atoms with Crippen LogP contribution < -0.4 is 15.5 Å². The fourth-order valence-corrected chi connectivity index (χ4v) is 3.02. The summed E-state index contributed by atoms with van der Waals surface area (Å²) in [6, 6.07) is 9.51. The van der Waals surface area contributed by atoms with Crippen LogP contribution in [0.2, 0.25) is 0 Å². The van der Waals surface area contributed by atoms with E-state index in [0.29, 0.717) is 24.7 Å². The van der Waals surface area contributed by atoms with Crippen molar-refractivity contribution < 1.29 is 9.53 Å². The Hall–Kier alpha value is -2.67. The molecule has 0 aliphatic carbocycles. The highest BCUT2D eigenvalue weighted by molar-refractivity contribution is 6.05. The van der Waals surface area contributed by atoms with Gasteiger partial charge in [0.05, 0.1) is 24.6 Å². The third kappa shape index (κ3) is 5.40. The Bertz CT molecular complexity index is 747. The second kappa shape index (κ2) is 9.87. The smallest absolute Gasteiger partial charge is 0.274 e. The van der Waals surface area contributed by atoms with Crippen LogP contribution in [0.25, 0.3) is 0 Å². The first-order valence-electron chi connectivity index (χ1n) is 9.57. The summed E-state index contributed by atoms with van der Waals surface area (Å²) < 4.78 is 5.42. The normalized spacial score (nSPS) is 14.0. The maximum absolute atomic E-state index is 12.7. The number of amides is 1. The molecular weight excluding hydrogens is 342 g/mol. The molecule has 0 unspecified atom stereocenters. The maximum atomic E-state index is 12.7. The lowest BCUT2D eigenvalue weighted by Crippen LogP contribution is -2.36. The minimum absolute atomic E-state index is 0.241. The Balaban J connectivity index is 1.67. The standard InChI is InChI=1S/C20H27N5O2/c1-2-3-6-9-21-19-14-17(22-15-23-19)20(26)24-16-7-4-5-8-18(16)25-10-12-27-13-11-25/h4-5,7-8,14-15H,2-3,6,9-13H2,1H3,(H,24,26)(H,21,22,23). The number of aromatic nitrogens is 2. The van der Waals surface area contributed by atoms with Gasteiger partial charge in [0, 0.05) is 25.7 Å². The van der Waals surface area contributed by atoms with Crippen LogP contribution in [0, 0.1) is 0 Å². The molecule has 2 heterocycles. The number of para-hydroxylation sites is 2. The van der Waals surface area contributed by atoms with Gasteiger partial charge in [-0.25, -0.2) is 9.97 Å². The number of benzene rings is 1. The molecule has 3 rings (SSSR count). The van der Waals surface area contributed by atoms with E-state index in [-0.39, 0.29) is 5.91 Å². The van der Waals surface area contributed by atoms with Crippen LogP contribution in [0.15, 0.2) is 36.7 Å². The van der Waals surface area contributed by atoms with Crippen LogP contribution in [-0.2, 0) is 4.74 Å². The van der Waals surface area contributed by atoms with Crippen molar-refractivity contribution in [2.75, 3.05) is 48.4 Å². The summed E-state index contributed by atoms with van der Waals surface area (Å²) in [5.74, 6) is 0.433. The van der Waals surface area contributed by atoms with Gasteiger partial charge in [-0.3, -0.25) is 4.79 Å². The average Bonchev–Trinajstić information content (AvgIpc) is 2.72. The summed E-state index contributed by atoms with van der Waals surface area (Å²) in [5.41, 5.74) is 2.13. The van der Waals surface area contributed by atoms with E-state index in [1.165, 1.54) is 19.2 Å². The number of carbonyl (C=O) groups excluding carboxylic acids is 1. The van der Waals surface area contributed by atoms with Crippen molar-refractivity contribution in [3.8, 4) is 0 Å². The van der Waals surface area contributed by atoms with Crippen LogP contribution in [-0.4, -0.2) is 48.7 Å². The van der Waals surface area contributed by atoms with Crippen molar-refractivity contribution in [3.05, 3.63) is 42.4 Å². The van der Waals surface area contributed by atoms with E-state index in [1.807, 2.05) is 24.3 Å². The predicted molar refractivity (Wildman–Crippen MR) is 107 cm³/mol. The fourth-order valence-electron chi connectivity index (χ4n) is 3.02. The average molecular weight is 369 g/mol. The Kier molecular flexibility index (Phi) is 6.98. The van der Waals surface area contributed by atoms with Gasteiger partial charge in [-0.05, 0) is 18.6 Å².